The first-order valence-electron chi connectivity index (χ1n) is 6.90. The van der Waals surface area contributed by atoms with Crippen LogP contribution in [0.5, 0.6) is 11.6 Å². The quantitative estimate of drug-likeness (QED) is 0.726. The minimum absolute atomic E-state index is 0.00763. The number of furan rings is 1. The van der Waals surface area contributed by atoms with Crippen LogP contribution in [0.2, 0.25) is 0 Å². The summed E-state index contributed by atoms with van der Waals surface area (Å²) in [6.07, 6.45) is 3.04. The van der Waals surface area contributed by atoms with Crippen LogP contribution in [0.25, 0.3) is 0 Å². The number of benzene rings is 1. The topological polar surface area (TPSA) is 75.6 Å². The van der Waals surface area contributed by atoms with Crippen molar-refractivity contribution in [2.24, 2.45) is 7.05 Å². The molecule has 6 heteroatoms. The Morgan fingerprint density at radius 3 is 2.48 bits per heavy atom. The Hall–Kier alpha value is -3.02. The summed E-state index contributed by atoms with van der Waals surface area (Å²) >= 11 is 0. The first-order chi connectivity index (χ1) is 11.0. The van der Waals surface area contributed by atoms with Gasteiger partial charge in [0, 0.05) is 19.7 Å². The summed E-state index contributed by atoms with van der Waals surface area (Å²) in [6.45, 7) is 0. The zero-order valence-corrected chi connectivity index (χ0v) is 12.3. The third-order valence-electron chi connectivity index (χ3n) is 3.64. The smallest absolute Gasteiger partial charge is 0.235 e. The van der Waals surface area contributed by atoms with Gasteiger partial charge in [0.1, 0.15) is 11.6 Å². The van der Waals surface area contributed by atoms with Crippen molar-refractivity contribution < 1.29 is 23.8 Å². The van der Waals surface area contributed by atoms with Crippen LogP contribution in [0.1, 0.15) is 27.2 Å². The summed E-state index contributed by atoms with van der Waals surface area (Å²) in [5, 5.41) is 19.4. The molecule has 0 unspecified atom stereocenters. The molecule has 0 spiro atoms. The molecule has 0 aliphatic heterocycles. The van der Waals surface area contributed by atoms with E-state index in [0.29, 0.717) is 12.2 Å². The number of aromatic nitrogens is 1. The van der Waals surface area contributed by atoms with E-state index in [4.69, 9.17) is 4.42 Å². The molecule has 0 bridgehead atoms. The van der Waals surface area contributed by atoms with Crippen molar-refractivity contribution in [2.45, 2.75) is 6.42 Å². The molecule has 0 amide bonds. The molecule has 0 aliphatic carbocycles. The summed E-state index contributed by atoms with van der Waals surface area (Å²) in [4.78, 5) is 12.6. The Kier molecular flexibility index (Phi) is 3.65. The molecule has 3 rings (SSSR count). The monoisotopic (exact) mass is 315 g/mol. The number of nitrogens with zero attached hydrogens (tertiary/aromatic N) is 1. The zero-order chi connectivity index (χ0) is 16.6. The van der Waals surface area contributed by atoms with Crippen LogP contribution in [-0.4, -0.2) is 20.6 Å². The molecule has 0 atom stereocenters. The van der Waals surface area contributed by atoms with E-state index in [0.717, 1.165) is 5.56 Å². The highest BCUT2D eigenvalue weighted by Gasteiger charge is 2.23. The number of carbonyl (C=O) groups is 1. The summed E-state index contributed by atoms with van der Waals surface area (Å²) in [5.74, 6) is -1.23. The van der Waals surface area contributed by atoms with Crippen molar-refractivity contribution in [3.05, 3.63) is 71.1 Å². The lowest BCUT2D eigenvalue weighted by atomic mass is 10.0. The molecule has 0 saturated heterocycles. The maximum Gasteiger partial charge on any atom is 0.235 e. The fraction of sp³-hybridized carbons (Fsp3) is 0.118. The Morgan fingerprint density at radius 1 is 1.17 bits per heavy atom. The van der Waals surface area contributed by atoms with Crippen LogP contribution in [0.3, 0.4) is 0 Å². The minimum Gasteiger partial charge on any atom is -0.503 e. The first kappa shape index (κ1) is 14.9. The molecule has 2 heterocycles. The van der Waals surface area contributed by atoms with Crippen LogP contribution < -0.4 is 0 Å². The van der Waals surface area contributed by atoms with Gasteiger partial charge in [-0.1, -0.05) is 12.1 Å². The van der Waals surface area contributed by atoms with E-state index in [1.165, 1.54) is 42.3 Å². The van der Waals surface area contributed by atoms with Crippen molar-refractivity contribution in [1.82, 2.24) is 4.57 Å². The zero-order valence-electron chi connectivity index (χ0n) is 12.3. The molecule has 2 aromatic heterocycles. The standard InChI is InChI=1S/C17H14FNO4/c1-19-9-13(16(21)17(19)22)15(20)12-6-7-23-14(12)8-10-2-4-11(18)5-3-10/h2-7,9,21-22H,8H2,1H3. The lowest BCUT2D eigenvalue weighted by Gasteiger charge is -2.02. The van der Waals surface area contributed by atoms with Gasteiger partial charge in [0.25, 0.3) is 0 Å². The number of aromatic hydroxyl groups is 2. The van der Waals surface area contributed by atoms with Gasteiger partial charge in [-0.25, -0.2) is 4.39 Å². The van der Waals surface area contributed by atoms with E-state index in [2.05, 4.69) is 0 Å². The maximum absolute atomic E-state index is 12.9. The van der Waals surface area contributed by atoms with Crippen LogP contribution in [0, 0.1) is 5.82 Å². The average molecular weight is 315 g/mol. The number of hydrogen-bond acceptors (Lipinski definition) is 4. The Morgan fingerprint density at radius 2 is 1.87 bits per heavy atom. The summed E-state index contributed by atoms with van der Waals surface area (Å²) < 4.78 is 19.6. The van der Waals surface area contributed by atoms with Gasteiger partial charge in [0.2, 0.25) is 11.7 Å². The SMILES string of the molecule is Cn1cc(C(=O)c2ccoc2Cc2ccc(F)cc2)c(O)c1O. The van der Waals surface area contributed by atoms with Gasteiger partial charge in [-0.2, -0.15) is 0 Å². The van der Waals surface area contributed by atoms with Crippen LogP contribution >= 0.6 is 0 Å². The minimum atomic E-state index is -0.466. The molecule has 0 aliphatic rings. The number of carbonyl (C=O) groups excluding carboxylic acids is 1. The van der Waals surface area contributed by atoms with Crippen LogP contribution in [0.4, 0.5) is 4.39 Å². The van der Waals surface area contributed by atoms with E-state index in [1.807, 2.05) is 0 Å². The van der Waals surface area contributed by atoms with E-state index in [9.17, 15) is 19.4 Å². The van der Waals surface area contributed by atoms with Gasteiger partial charge in [-0.05, 0) is 23.8 Å². The number of ketones is 1. The molecular weight excluding hydrogens is 301 g/mol. The molecule has 118 valence electrons. The predicted molar refractivity (Wildman–Crippen MR) is 80.1 cm³/mol. The lowest BCUT2D eigenvalue weighted by Crippen LogP contribution is -2.03. The van der Waals surface area contributed by atoms with Crippen LogP contribution in [0.15, 0.2) is 47.2 Å². The van der Waals surface area contributed by atoms with Gasteiger partial charge < -0.3 is 19.2 Å². The highest BCUT2D eigenvalue weighted by Crippen LogP contribution is 2.32. The Bertz CT molecular complexity index is 861. The summed E-state index contributed by atoms with van der Waals surface area (Å²) in [6, 6.07) is 7.39. The van der Waals surface area contributed by atoms with E-state index < -0.39 is 11.5 Å². The van der Waals surface area contributed by atoms with Crippen molar-refractivity contribution in [3.63, 3.8) is 0 Å². The van der Waals surface area contributed by atoms with Crippen molar-refractivity contribution in [2.75, 3.05) is 0 Å². The third-order valence-corrected chi connectivity index (χ3v) is 3.64. The van der Waals surface area contributed by atoms with Crippen molar-refractivity contribution in [1.29, 1.82) is 0 Å². The molecular formula is C17H14FNO4. The van der Waals surface area contributed by atoms with Gasteiger partial charge >= 0.3 is 0 Å². The molecule has 2 N–H and O–H groups in total. The van der Waals surface area contributed by atoms with Crippen molar-refractivity contribution >= 4 is 5.78 Å². The normalized spacial score (nSPS) is 10.9. The van der Waals surface area contributed by atoms with Gasteiger partial charge in [-0.15, -0.1) is 0 Å². The van der Waals surface area contributed by atoms with E-state index in [-0.39, 0.29) is 22.8 Å². The van der Waals surface area contributed by atoms with E-state index in [1.54, 1.807) is 12.1 Å². The second kappa shape index (κ2) is 5.64. The summed E-state index contributed by atoms with van der Waals surface area (Å²) in [7, 11) is 1.51. The maximum atomic E-state index is 12.9. The molecule has 0 radical (unpaired) electrons. The fourth-order valence-electron chi connectivity index (χ4n) is 2.38. The largest absolute Gasteiger partial charge is 0.503 e. The fourth-order valence-corrected chi connectivity index (χ4v) is 2.38. The van der Waals surface area contributed by atoms with Crippen molar-refractivity contribution in [3.8, 4) is 11.6 Å². The average Bonchev–Trinajstić information content (AvgIpc) is 3.09. The highest BCUT2D eigenvalue weighted by atomic mass is 19.1. The van der Waals surface area contributed by atoms with Gasteiger partial charge in [-0.3, -0.25) is 4.79 Å². The number of rotatable bonds is 4. The molecule has 23 heavy (non-hydrogen) atoms. The first-order valence-corrected chi connectivity index (χ1v) is 6.90. The Labute approximate surface area is 131 Å². The van der Waals surface area contributed by atoms with E-state index >= 15 is 0 Å². The number of aryl methyl sites for hydroxylation is 1. The highest BCUT2D eigenvalue weighted by molar-refractivity contribution is 6.11. The number of hydrogen-bond donors (Lipinski definition) is 2. The molecule has 1 aromatic carbocycles. The molecule has 3 aromatic rings. The van der Waals surface area contributed by atoms with Gasteiger partial charge in [0.05, 0.1) is 17.4 Å². The summed E-state index contributed by atoms with van der Waals surface area (Å²) in [5.41, 5.74) is 1.07. The lowest BCUT2D eigenvalue weighted by molar-refractivity contribution is 0.103. The van der Waals surface area contributed by atoms with Crippen LogP contribution in [-0.2, 0) is 13.5 Å². The van der Waals surface area contributed by atoms with Gasteiger partial charge in [0.15, 0.2) is 5.75 Å². The second-order valence-electron chi connectivity index (χ2n) is 5.22. The Balaban J connectivity index is 1.92. The second-order valence-corrected chi connectivity index (χ2v) is 5.22. The molecule has 5 nitrogen and oxygen atoms in total. The third kappa shape index (κ3) is 2.70. The number of halogens is 1. The molecule has 0 saturated carbocycles. The predicted octanol–water partition coefficient (Wildman–Crippen LogP) is 2.99. The molecule has 0 fully saturated rings.